The monoisotopic (exact) mass is 466 g/mol. The molecule has 2 saturated heterocycles. The molecule has 3 N–H and O–H groups in total. The van der Waals surface area contributed by atoms with Gasteiger partial charge in [-0.3, -0.25) is 9.89 Å². The van der Waals surface area contributed by atoms with E-state index in [-0.39, 0.29) is 18.3 Å². The fourth-order valence-electron chi connectivity index (χ4n) is 4.31. The van der Waals surface area contributed by atoms with Crippen LogP contribution in [-0.2, 0) is 14.8 Å². The molecular weight excluding hydrogens is 439 g/mol. The Labute approximate surface area is 186 Å². The number of ether oxygens (including phenoxy) is 1. The standard InChI is InChI=1S/C21H27FN4O5S/c1-20(28)13-31-21(12-18(20)25-32(2,29)30)7-9-26(10-8-21)19(27)17-11-16(23-24-17)14-3-5-15(22)6-4-14/h3-6,11,18,25,28H,7-10,12-13H2,1-2H3,(H,23,24)/t18-,20-/m0/s1. The first-order chi connectivity index (χ1) is 15.0. The highest BCUT2D eigenvalue weighted by Crippen LogP contribution is 2.38. The zero-order valence-corrected chi connectivity index (χ0v) is 18.8. The van der Waals surface area contributed by atoms with Gasteiger partial charge in [-0.15, -0.1) is 0 Å². The zero-order chi connectivity index (χ0) is 23.1. The van der Waals surface area contributed by atoms with Crippen molar-refractivity contribution in [2.75, 3.05) is 26.0 Å². The van der Waals surface area contributed by atoms with Crippen molar-refractivity contribution in [2.45, 2.75) is 43.4 Å². The lowest BCUT2D eigenvalue weighted by atomic mass is 9.78. The molecule has 174 valence electrons. The number of likely N-dealkylation sites (tertiary alicyclic amines) is 1. The number of piperidine rings is 1. The third-order valence-electron chi connectivity index (χ3n) is 6.26. The fourth-order valence-corrected chi connectivity index (χ4v) is 5.17. The number of carbonyl (C=O) groups excluding carboxylic acids is 1. The van der Waals surface area contributed by atoms with Crippen LogP contribution in [0, 0.1) is 5.82 Å². The summed E-state index contributed by atoms with van der Waals surface area (Å²) in [5.74, 6) is -0.544. The molecule has 0 radical (unpaired) electrons. The number of hydrogen-bond donors (Lipinski definition) is 3. The third-order valence-corrected chi connectivity index (χ3v) is 6.98. The molecule has 2 aliphatic rings. The number of sulfonamides is 1. The molecule has 1 amide bonds. The highest BCUT2D eigenvalue weighted by atomic mass is 32.2. The maximum absolute atomic E-state index is 13.1. The lowest BCUT2D eigenvalue weighted by Crippen LogP contribution is -2.64. The predicted octanol–water partition coefficient (Wildman–Crippen LogP) is 1.28. The number of nitrogens with zero attached hydrogens (tertiary/aromatic N) is 2. The summed E-state index contributed by atoms with van der Waals surface area (Å²) in [6.45, 7) is 2.42. The topological polar surface area (TPSA) is 125 Å². The van der Waals surface area contributed by atoms with Crippen molar-refractivity contribution in [1.82, 2.24) is 19.8 Å². The summed E-state index contributed by atoms with van der Waals surface area (Å²) in [4.78, 5) is 14.6. The van der Waals surface area contributed by atoms with Crippen LogP contribution < -0.4 is 4.72 Å². The quantitative estimate of drug-likeness (QED) is 0.624. The molecule has 3 heterocycles. The van der Waals surface area contributed by atoms with Crippen molar-refractivity contribution in [1.29, 1.82) is 0 Å². The molecule has 2 fully saturated rings. The van der Waals surface area contributed by atoms with E-state index in [0.717, 1.165) is 6.26 Å². The van der Waals surface area contributed by atoms with Crippen LogP contribution in [0.5, 0.6) is 0 Å². The number of rotatable bonds is 4. The van der Waals surface area contributed by atoms with Crippen molar-refractivity contribution >= 4 is 15.9 Å². The van der Waals surface area contributed by atoms with Gasteiger partial charge >= 0.3 is 0 Å². The Kier molecular flexibility index (Phi) is 5.86. The first kappa shape index (κ1) is 22.8. The molecule has 0 aliphatic carbocycles. The number of aromatic nitrogens is 2. The highest BCUT2D eigenvalue weighted by molar-refractivity contribution is 7.88. The molecule has 0 bridgehead atoms. The summed E-state index contributed by atoms with van der Waals surface area (Å²) in [6, 6.07) is 6.84. The van der Waals surface area contributed by atoms with Crippen LogP contribution in [0.25, 0.3) is 11.3 Å². The summed E-state index contributed by atoms with van der Waals surface area (Å²) in [5.41, 5.74) is -0.326. The number of H-pyrrole nitrogens is 1. The van der Waals surface area contributed by atoms with Crippen LogP contribution in [0.15, 0.2) is 30.3 Å². The molecule has 0 unspecified atom stereocenters. The van der Waals surface area contributed by atoms with Gasteiger partial charge in [0.1, 0.15) is 17.1 Å². The van der Waals surface area contributed by atoms with Crippen LogP contribution >= 0.6 is 0 Å². The Balaban J connectivity index is 1.41. The molecule has 32 heavy (non-hydrogen) atoms. The van der Waals surface area contributed by atoms with Crippen LogP contribution in [0.3, 0.4) is 0 Å². The Bertz CT molecular complexity index is 1090. The van der Waals surface area contributed by atoms with E-state index in [1.165, 1.54) is 12.1 Å². The normalized spacial score (nSPS) is 25.8. The van der Waals surface area contributed by atoms with Gasteiger partial charge in [-0.2, -0.15) is 5.10 Å². The van der Waals surface area contributed by atoms with Crippen molar-refractivity contribution < 1.29 is 27.4 Å². The van der Waals surface area contributed by atoms with E-state index in [9.17, 15) is 22.7 Å². The molecule has 4 rings (SSSR count). The Morgan fingerprint density at radius 1 is 1.31 bits per heavy atom. The number of benzene rings is 1. The number of carbonyl (C=O) groups is 1. The van der Waals surface area contributed by atoms with E-state index in [1.807, 2.05) is 0 Å². The van der Waals surface area contributed by atoms with Crippen molar-refractivity contribution in [3.63, 3.8) is 0 Å². The van der Waals surface area contributed by atoms with Crippen molar-refractivity contribution in [3.05, 3.63) is 41.8 Å². The summed E-state index contributed by atoms with van der Waals surface area (Å²) >= 11 is 0. The van der Waals surface area contributed by atoms with E-state index in [1.54, 1.807) is 30.0 Å². The molecule has 1 spiro atoms. The minimum atomic E-state index is -3.50. The largest absolute Gasteiger partial charge is 0.386 e. The van der Waals surface area contributed by atoms with Gasteiger partial charge in [-0.05, 0) is 56.5 Å². The number of nitrogens with one attached hydrogen (secondary N) is 2. The minimum Gasteiger partial charge on any atom is -0.386 e. The van der Waals surface area contributed by atoms with E-state index >= 15 is 0 Å². The van der Waals surface area contributed by atoms with Crippen LogP contribution in [0.2, 0.25) is 0 Å². The number of aliphatic hydroxyl groups is 1. The second kappa shape index (κ2) is 8.22. The molecular formula is C21H27FN4O5S. The molecule has 1 aromatic carbocycles. The number of aromatic amines is 1. The van der Waals surface area contributed by atoms with E-state index in [2.05, 4.69) is 14.9 Å². The molecule has 2 atom stereocenters. The molecule has 1 aromatic heterocycles. The predicted molar refractivity (Wildman–Crippen MR) is 115 cm³/mol. The average molecular weight is 467 g/mol. The lowest BCUT2D eigenvalue weighted by Gasteiger charge is -2.50. The van der Waals surface area contributed by atoms with Crippen molar-refractivity contribution in [3.8, 4) is 11.3 Å². The zero-order valence-electron chi connectivity index (χ0n) is 18.0. The Morgan fingerprint density at radius 3 is 2.59 bits per heavy atom. The van der Waals surface area contributed by atoms with Crippen LogP contribution in [0.1, 0.15) is 36.7 Å². The van der Waals surface area contributed by atoms with Gasteiger partial charge in [0.15, 0.2) is 0 Å². The van der Waals surface area contributed by atoms with Crippen LogP contribution in [-0.4, -0.2) is 77.7 Å². The molecule has 2 aliphatic heterocycles. The number of amides is 1. The van der Waals surface area contributed by atoms with E-state index in [0.29, 0.717) is 49.3 Å². The summed E-state index contributed by atoms with van der Waals surface area (Å²) < 4.78 is 45.1. The maximum atomic E-state index is 13.1. The SMILES string of the molecule is C[C@]1(O)COC2(CCN(C(=O)c3cc(-c4ccc(F)cc4)n[nH]3)CC2)C[C@@H]1NS(C)(=O)=O. The first-order valence-corrected chi connectivity index (χ1v) is 12.3. The molecule has 11 heteroatoms. The van der Waals surface area contributed by atoms with Gasteiger partial charge in [0.25, 0.3) is 5.91 Å². The molecule has 0 saturated carbocycles. The van der Waals surface area contributed by atoms with Gasteiger partial charge in [0.05, 0.1) is 30.2 Å². The Morgan fingerprint density at radius 2 is 1.97 bits per heavy atom. The molecule has 2 aromatic rings. The Hall–Kier alpha value is -2.34. The van der Waals surface area contributed by atoms with E-state index in [4.69, 9.17) is 4.74 Å². The van der Waals surface area contributed by atoms with E-state index < -0.39 is 27.3 Å². The average Bonchev–Trinajstić information content (AvgIpc) is 3.21. The van der Waals surface area contributed by atoms with Crippen LogP contribution in [0.4, 0.5) is 4.39 Å². The lowest BCUT2D eigenvalue weighted by molar-refractivity contribution is -0.187. The first-order valence-electron chi connectivity index (χ1n) is 10.4. The summed E-state index contributed by atoms with van der Waals surface area (Å²) in [7, 11) is -3.50. The van der Waals surface area contributed by atoms with Gasteiger partial charge in [0.2, 0.25) is 10.0 Å². The van der Waals surface area contributed by atoms with Gasteiger partial charge in [0, 0.05) is 18.7 Å². The minimum absolute atomic E-state index is 0.00963. The smallest absolute Gasteiger partial charge is 0.271 e. The van der Waals surface area contributed by atoms with Gasteiger partial charge in [-0.25, -0.2) is 17.5 Å². The second-order valence-electron chi connectivity index (χ2n) is 8.94. The second-order valence-corrected chi connectivity index (χ2v) is 10.7. The third kappa shape index (κ3) is 4.85. The fraction of sp³-hybridized carbons (Fsp3) is 0.524. The molecule has 9 nitrogen and oxygen atoms in total. The van der Waals surface area contributed by atoms with Gasteiger partial charge < -0.3 is 14.7 Å². The van der Waals surface area contributed by atoms with Gasteiger partial charge in [-0.1, -0.05) is 0 Å². The number of hydrogen-bond acceptors (Lipinski definition) is 6. The summed E-state index contributed by atoms with van der Waals surface area (Å²) in [5, 5.41) is 17.5. The summed E-state index contributed by atoms with van der Waals surface area (Å²) in [6.07, 6.45) is 2.44. The number of halogens is 1. The highest BCUT2D eigenvalue weighted by Gasteiger charge is 2.49. The maximum Gasteiger partial charge on any atom is 0.271 e. The van der Waals surface area contributed by atoms with Crippen molar-refractivity contribution in [2.24, 2.45) is 0 Å².